The van der Waals surface area contributed by atoms with Crippen LogP contribution in [0.15, 0.2) is 18.2 Å². The molecule has 1 heterocycles. The molecule has 0 bridgehead atoms. The van der Waals surface area contributed by atoms with Gasteiger partial charge in [-0.15, -0.1) is 0 Å². The Morgan fingerprint density at radius 3 is 2.72 bits per heavy atom. The summed E-state index contributed by atoms with van der Waals surface area (Å²) in [4.78, 5) is 12.7. The molecule has 1 aliphatic rings. The molecule has 1 atom stereocenters. The van der Waals surface area contributed by atoms with Crippen LogP contribution in [-0.4, -0.2) is 34.0 Å². The average molecular weight is 418 g/mol. The number of carboxylic acids is 1. The minimum absolute atomic E-state index is 0. The Bertz CT molecular complexity index is 456. The third-order valence-corrected chi connectivity index (χ3v) is 3.16. The number of hydrogen-bond donors (Lipinski definition) is 3. The predicted molar refractivity (Wildman–Crippen MR) is 65.4 cm³/mol. The molecular formula is C11H15BN2O3W. The number of aliphatic carboxylic acids is 1. The van der Waals surface area contributed by atoms with Crippen LogP contribution in [0.4, 0.5) is 5.69 Å². The number of benzene rings is 1. The topological polar surface area (TPSA) is 86.8 Å². The number of rotatable bonds is 2. The summed E-state index contributed by atoms with van der Waals surface area (Å²) in [6.45, 7) is 1.99. The maximum absolute atomic E-state index is 11.2. The summed E-state index contributed by atoms with van der Waals surface area (Å²) >= 11 is 0. The fraction of sp³-hybridized carbons (Fsp3) is 0.364. The first-order valence-corrected chi connectivity index (χ1v) is 5.53. The van der Waals surface area contributed by atoms with E-state index < -0.39 is 19.1 Å². The number of anilines is 1. The first-order valence-electron chi connectivity index (χ1n) is 5.53. The Morgan fingerprint density at radius 1 is 1.50 bits per heavy atom. The van der Waals surface area contributed by atoms with Crippen molar-refractivity contribution in [1.29, 1.82) is 0 Å². The third kappa shape index (κ3) is 2.94. The second-order valence-corrected chi connectivity index (χ2v) is 4.39. The fourth-order valence-electron chi connectivity index (χ4n) is 2.25. The summed E-state index contributed by atoms with van der Waals surface area (Å²) in [7, 11) is -0.786. The molecule has 18 heavy (non-hydrogen) atoms. The van der Waals surface area contributed by atoms with Crippen molar-refractivity contribution in [2.24, 2.45) is 0 Å². The fourth-order valence-corrected chi connectivity index (χ4v) is 2.25. The van der Waals surface area contributed by atoms with Gasteiger partial charge < -0.3 is 20.7 Å². The second kappa shape index (κ2) is 5.87. The van der Waals surface area contributed by atoms with Gasteiger partial charge in [0.25, 0.3) is 0 Å². The zero-order chi connectivity index (χ0) is 12.6. The van der Waals surface area contributed by atoms with Gasteiger partial charge in [-0.25, -0.2) is 0 Å². The molecule has 0 spiro atoms. The summed E-state index contributed by atoms with van der Waals surface area (Å²) < 4.78 is 0. The SMILES string of the molecule is CB(O)N1Cc2cc(N)ccc2CC1C(=O)O.[W]. The van der Waals surface area contributed by atoms with Crippen LogP contribution in [0.3, 0.4) is 0 Å². The van der Waals surface area contributed by atoms with Crippen molar-refractivity contribution < 1.29 is 36.0 Å². The molecule has 0 radical (unpaired) electrons. The third-order valence-electron chi connectivity index (χ3n) is 3.16. The molecule has 0 saturated carbocycles. The van der Waals surface area contributed by atoms with Crippen molar-refractivity contribution in [2.75, 3.05) is 5.73 Å². The first-order chi connectivity index (χ1) is 7.99. The largest absolute Gasteiger partial charge is 0.480 e. The molecule has 0 saturated heterocycles. The van der Waals surface area contributed by atoms with Gasteiger partial charge in [-0.3, -0.25) is 4.79 Å². The number of carbonyl (C=O) groups is 1. The Kier molecular flexibility index (Phi) is 4.96. The molecule has 0 aliphatic carbocycles. The first kappa shape index (κ1) is 15.2. The van der Waals surface area contributed by atoms with Crippen LogP contribution >= 0.6 is 0 Å². The van der Waals surface area contributed by atoms with Gasteiger partial charge >= 0.3 is 13.0 Å². The molecule has 1 aliphatic heterocycles. The number of carboxylic acid groups (broad SMARTS) is 1. The Morgan fingerprint density at radius 2 is 2.17 bits per heavy atom. The van der Waals surface area contributed by atoms with Crippen LogP contribution in [0, 0.1) is 0 Å². The molecule has 96 valence electrons. The van der Waals surface area contributed by atoms with E-state index >= 15 is 0 Å². The molecule has 1 aromatic carbocycles. The number of nitrogens with zero attached hydrogens (tertiary/aromatic N) is 1. The van der Waals surface area contributed by atoms with Crippen molar-refractivity contribution in [3.8, 4) is 0 Å². The molecule has 2 rings (SSSR count). The number of fused-ring (bicyclic) bond motifs is 1. The molecule has 7 heteroatoms. The van der Waals surface area contributed by atoms with Gasteiger partial charge in [0.15, 0.2) is 0 Å². The van der Waals surface area contributed by atoms with E-state index in [0.717, 1.165) is 11.1 Å². The van der Waals surface area contributed by atoms with E-state index in [2.05, 4.69) is 0 Å². The van der Waals surface area contributed by atoms with Crippen LogP contribution in [-0.2, 0) is 38.8 Å². The number of nitrogen functional groups attached to an aromatic ring is 1. The molecular weight excluding hydrogens is 403 g/mol. The quantitative estimate of drug-likeness (QED) is 0.472. The molecule has 0 aromatic heterocycles. The minimum atomic E-state index is -0.909. The summed E-state index contributed by atoms with van der Waals surface area (Å²) in [5, 5.41) is 18.8. The Balaban J connectivity index is 0.00000162. The van der Waals surface area contributed by atoms with Crippen LogP contribution in [0.2, 0.25) is 6.82 Å². The molecule has 1 unspecified atom stereocenters. The van der Waals surface area contributed by atoms with E-state index in [1.165, 1.54) is 0 Å². The monoisotopic (exact) mass is 418 g/mol. The van der Waals surface area contributed by atoms with E-state index in [0.29, 0.717) is 18.7 Å². The molecule has 1 aromatic rings. The average Bonchev–Trinajstić information content (AvgIpc) is 2.26. The Hall–Kier alpha value is -0.837. The van der Waals surface area contributed by atoms with E-state index in [-0.39, 0.29) is 21.1 Å². The normalized spacial score (nSPS) is 18.7. The van der Waals surface area contributed by atoms with Crippen LogP contribution < -0.4 is 5.73 Å². The smallest absolute Gasteiger partial charge is 0.377 e. The van der Waals surface area contributed by atoms with E-state index in [1.54, 1.807) is 17.7 Å². The zero-order valence-corrected chi connectivity index (χ0v) is 13.0. The second-order valence-electron chi connectivity index (χ2n) is 4.39. The Labute approximate surface area is 120 Å². The van der Waals surface area contributed by atoms with Crippen molar-refractivity contribution in [3.05, 3.63) is 29.3 Å². The zero-order valence-electron chi connectivity index (χ0n) is 10.0. The molecule has 4 N–H and O–H groups in total. The van der Waals surface area contributed by atoms with Gasteiger partial charge in [0.05, 0.1) is 0 Å². The summed E-state index contributed by atoms with van der Waals surface area (Å²) in [6, 6.07) is 4.80. The maximum Gasteiger partial charge on any atom is 0.377 e. The van der Waals surface area contributed by atoms with Gasteiger partial charge in [0.1, 0.15) is 6.04 Å². The van der Waals surface area contributed by atoms with Crippen LogP contribution in [0.25, 0.3) is 0 Å². The van der Waals surface area contributed by atoms with E-state index in [9.17, 15) is 9.82 Å². The van der Waals surface area contributed by atoms with Crippen LogP contribution in [0.5, 0.6) is 0 Å². The summed E-state index contributed by atoms with van der Waals surface area (Å²) in [6.07, 6.45) is 0.399. The van der Waals surface area contributed by atoms with Crippen molar-refractivity contribution in [1.82, 2.24) is 4.81 Å². The van der Waals surface area contributed by atoms with Crippen LogP contribution in [0.1, 0.15) is 11.1 Å². The van der Waals surface area contributed by atoms with Gasteiger partial charge in [0.2, 0.25) is 0 Å². The van der Waals surface area contributed by atoms with Gasteiger partial charge in [-0.2, -0.15) is 0 Å². The maximum atomic E-state index is 11.2. The number of nitrogens with two attached hydrogens (primary N) is 1. The number of hydrogen-bond acceptors (Lipinski definition) is 4. The molecule has 0 amide bonds. The van der Waals surface area contributed by atoms with E-state index in [4.69, 9.17) is 10.8 Å². The summed E-state index contributed by atoms with van der Waals surface area (Å²) in [5.41, 5.74) is 8.33. The van der Waals surface area contributed by atoms with Gasteiger partial charge in [-0.05, 0) is 36.5 Å². The minimum Gasteiger partial charge on any atom is -0.480 e. The van der Waals surface area contributed by atoms with Crippen molar-refractivity contribution >= 4 is 18.7 Å². The van der Waals surface area contributed by atoms with Crippen molar-refractivity contribution in [3.63, 3.8) is 0 Å². The molecule has 0 fully saturated rings. The predicted octanol–water partition coefficient (Wildman–Crippen LogP) is 0.188. The summed E-state index contributed by atoms with van der Waals surface area (Å²) in [5.74, 6) is -0.909. The van der Waals surface area contributed by atoms with Gasteiger partial charge in [0, 0.05) is 33.3 Å². The standard InChI is InChI=1S/C11H15BN2O3.W/c1-12(17)14-6-8-4-9(13)3-2-7(8)5-10(14)11(15)16;/h2-4,10,17H,5-6,13H2,1H3,(H,15,16);. The molecule has 5 nitrogen and oxygen atoms in total. The van der Waals surface area contributed by atoms with Gasteiger partial charge in [-0.1, -0.05) is 6.07 Å². The van der Waals surface area contributed by atoms with Crippen molar-refractivity contribution in [2.45, 2.75) is 25.8 Å². The van der Waals surface area contributed by atoms with E-state index in [1.807, 2.05) is 12.1 Å².